The lowest BCUT2D eigenvalue weighted by atomic mass is 9.93. The Balaban J connectivity index is 3.41. The zero-order valence-corrected chi connectivity index (χ0v) is 9.28. The second kappa shape index (κ2) is 5.33. The predicted molar refractivity (Wildman–Crippen MR) is 46.6 cm³/mol. The van der Waals surface area contributed by atoms with Gasteiger partial charge < -0.3 is 0 Å². The molecule has 0 heterocycles. The molecular weight excluding hydrogens is 123 g/mol. The zero-order valence-electron chi connectivity index (χ0n) is 7.28. The molecule has 0 amide bonds. The van der Waals surface area contributed by atoms with Crippen LogP contribution in [-0.4, -0.2) is 16.3 Å². The molecule has 1 unspecified atom stereocenters. The van der Waals surface area contributed by atoms with Gasteiger partial charge in [-0.15, -0.1) is 0 Å². The Kier molecular flexibility index (Phi) is 5.64. The summed E-state index contributed by atoms with van der Waals surface area (Å²) in [6.45, 7) is 6.98. The Morgan fingerprint density at radius 1 is 1.33 bits per heavy atom. The van der Waals surface area contributed by atoms with E-state index in [9.17, 15) is 0 Å². The van der Waals surface area contributed by atoms with E-state index >= 15 is 0 Å². The molecule has 0 aliphatic heterocycles. The maximum absolute atomic E-state index is 2.35. The maximum Gasteiger partial charge on any atom is 0.212 e. The van der Waals surface area contributed by atoms with Crippen LogP contribution in [0.3, 0.4) is 0 Å². The SMILES string of the molecule is CCCC([CH2][AlH2])C(C)C. The van der Waals surface area contributed by atoms with Crippen molar-refractivity contribution in [1.29, 1.82) is 0 Å². The highest BCUT2D eigenvalue weighted by Crippen LogP contribution is 2.19. The van der Waals surface area contributed by atoms with E-state index in [0.29, 0.717) is 0 Å². The van der Waals surface area contributed by atoms with Crippen molar-refractivity contribution in [1.82, 2.24) is 0 Å². The summed E-state index contributed by atoms with van der Waals surface area (Å²) >= 11 is 1.38. The van der Waals surface area contributed by atoms with E-state index in [2.05, 4.69) is 20.8 Å². The molecule has 0 nitrogen and oxygen atoms in total. The van der Waals surface area contributed by atoms with Crippen molar-refractivity contribution < 1.29 is 0 Å². The van der Waals surface area contributed by atoms with Crippen molar-refractivity contribution in [2.45, 2.75) is 38.9 Å². The number of hydrogen-bond acceptors (Lipinski definition) is 0. The lowest BCUT2D eigenvalue weighted by Gasteiger charge is -2.17. The van der Waals surface area contributed by atoms with E-state index in [0.717, 1.165) is 11.8 Å². The average Bonchev–Trinajstić information content (AvgIpc) is 1.82. The van der Waals surface area contributed by atoms with Crippen molar-refractivity contribution in [3.05, 3.63) is 0 Å². The Morgan fingerprint density at radius 3 is 2.00 bits per heavy atom. The van der Waals surface area contributed by atoms with E-state index in [1.54, 1.807) is 0 Å². The molecule has 0 saturated carbocycles. The van der Waals surface area contributed by atoms with Gasteiger partial charge in [0.25, 0.3) is 0 Å². The van der Waals surface area contributed by atoms with Crippen molar-refractivity contribution >= 4 is 16.3 Å². The summed E-state index contributed by atoms with van der Waals surface area (Å²) in [6, 6.07) is 0. The Labute approximate surface area is 67.5 Å². The van der Waals surface area contributed by atoms with E-state index < -0.39 is 0 Å². The van der Waals surface area contributed by atoms with Gasteiger partial charge in [-0.05, 0) is 5.92 Å². The van der Waals surface area contributed by atoms with Crippen LogP contribution in [-0.2, 0) is 0 Å². The molecule has 0 aliphatic rings. The van der Waals surface area contributed by atoms with Gasteiger partial charge in [-0.25, -0.2) is 0 Å². The van der Waals surface area contributed by atoms with Crippen LogP contribution in [0, 0.1) is 11.8 Å². The van der Waals surface area contributed by atoms with Crippen LogP contribution in [0.25, 0.3) is 0 Å². The van der Waals surface area contributed by atoms with E-state index in [1.165, 1.54) is 34.4 Å². The van der Waals surface area contributed by atoms with Crippen molar-refractivity contribution in [3.8, 4) is 0 Å². The van der Waals surface area contributed by atoms with Crippen molar-refractivity contribution in [3.63, 3.8) is 0 Å². The molecule has 1 atom stereocenters. The minimum absolute atomic E-state index is 0.919. The van der Waals surface area contributed by atoms with Gasteiger partial charge in [0.2, 0.25) is 16.3 Å². The van der Waals surface area contributed by atoms with E-state index in [-0.39, 0.29) is 0 Å². The van der Waals surface area contributed by atoms with Gasteiger partial charge in [0.05, 0.1) is 0 Å². The molecule has 9 heavy (non-hydrogen) atoms. The molecule has 0 fully saturated rings. The van der Waals surface area contributed by atoms with E-state index in [4.69, 9.17) is 0 Å². The molecule has 0 N–H and O–H groups in total. The van der Waals surface area contributed by atoms with Crippen molar-refractivity contribution in [2.75, 3.05) is 0 Å². The first-order chi connectivity index (χ1) is 4.22. The Hall–Kier alpha value is 0.532. The first-order valence-corrected chi connectivity index (χ1v) is 5.63. The summed E-state index contributed by atoms with van der Waals surface area (Å²) in [5.74, 6) is 1.95. The topological polar surface area (TPSA) is 0 Å². The van der Waals surface area contributed by atoms with Crippen LogP contribution in [0.2, 0.25) is 5.28 Å². The first kappa shape index (κ1) is 9.53. The summed E-state index contributed by atoms with van der Waals surface area (Å²) in [5, 5.41) is 1.49. The minimum atomic E-state index is 0.919. The van der Waals surface area contributed by atoms with Crippen LogP contribution < -0.4 is 0 Å². The molecule has 0 radical (unpaired) electrons. The fourth-order valence-electron chi connectivity index (χ4n) is 1.38. The van der Waals surface area contributed by atoms with Gasteiger partial charge in [0.15, 0.2) is 0 Å². The van der Waals surface area contributed by atoms with Gasteiger partial charge in [-0.1, -0.05) is 44.8 Å². The number of hydrogen-bond donors (Lipinski definition) is 0. The van der Waals surface area contributed by atoms with Crippen LogP contribution >= 0.6 is 0 Å². The monoisotopic (exact) mass is 142 g/mol. The van der Waals surface area contributed by atoms with Crippen LogP contribution in [0.15, 0.2) is 0 Å². The predicted octanol–water partition coefficient (Wildman–Crippen LogP) is 2.11. The van der Waals surface area contributed by atoms with Crippen LogP contribution in [0.1, 0.15) is 33.6 Å². The lowest BCUT2D eigenvalue weighted by Crippen LogP contribution is -2.06. The number of rotatable bonds is 4. The molecule has 0 spiro atoms. The summed E-state index contributed by atoms with van der Waals surface area (Å²) in [7, 11) is 0. The lowest BCUT2D eigenvalue weighted by molar-refractivity contribution is 0.389. The fourth-order valence-corrected chi connectivity index (χ4v) is 2.73. The van der Waals surface area contributed by atoms with Crippen LogP contribution in [0.5, 0.6) is 0 Å². The Bertz CT molecular complexity index is 59.6. The summed E-state index contributed by atoms with van der Waals surface area (Å²) in [4.78, 5) is 0. The quantitative estimate of drug-likeness (QED) is 0.527. The second-order valence-electron chi connectivity index (χ2n) is 3.20. The third-order valence-corrected chi connectivity index (χ3v) is 3.18. The molecule has 0 bridgehead atoms. The van der Waals surface area contributed by atoms with Gasteiger partial charge in [0.1, 0.15) is 0 Å². The van der Waals surface area contributed by atoms with Gasteiger partial charge >= 0.3 is 0 Å². The second-order valence-corrected chi connectivity index (χ2v) is 4.02. The molecule has 0 saturated heterocycles. The van der Waals surface area contributed by atoms with Crippen LogP contribution in [0.4, 0.5) is 0 Å². The normalized spacial score (nSPS) is 14.2. The highest BCUT2D eigenvalue weighted by Gasteiger charge is 2.07. The molecule has 54 valence electrons. The summed E-state index contributed by atoms with van der Waals surface area (Å²) < 4.78 is 0. The molecule has 0 aromatic heterocycles. The molecule has 0 rings (SSSR count). The highest BCUT2D eigenvalue weighted by atomic mass is 27.0. The van der Waals surface area contributed by atoms with Crippen molar-refractivity contribution in [2.24, 2.45) is 11.8 Å². The standard InChI is InChI=1S/C8H17.Al.2H/c1-5-6-8(4)7(2)3;;;/h7-8H,4-6H2,1-3H3;;;. The minimum Gasteiger partial charge on any atom is -0.0982 e. The summed E-state index contributed by atoms with van der Waals surface area (Å²) in [6.07, 6.45) is 2.81. The third kappa shape index (κ3) is 4.01. The zero-order chi connectivity index (χ0) is 7.28. The fraction of sp³-hybridized carbons (Fsp3) is 1.00. The van der Waals surface area contributed by atoms with Gasteiger partial charge in [-0.3, -0.25) is 0 Å². The molecule has 1 heteroatoms. The molecule has 0 aromatic rings. The third-order valence-electron chi connectivity index (χ3n) is 2.13. The first-order valence-electron chi connectivity index (χ1n) is 4.22. The molecular formula is C8H19Al. The van der Waals surface area contributed by atoms with Gasteiger partial charge in [-0.2, -0.15) is 0 Å². The van der Waals surface area contributed by atoms with E-state index in [1.807, 2.05) is 0 Å². The Morgan fingerprint density at radius 2 is 1.89 bits per heavy atom. The summed E-state index contributed by atoms with van der Waals surface area (Å²) in [5.41, 5.74) is 0. The average molecular weight is 142 g/mol. The maximum atomic E-state index is 2.35. The molecule has 0 aliphatic carbocycles. The molecule has 0 aromatic carbocycles. The smallest absolute Gasteiger partial charge is 0.0982 e. The van der Waals surface area contributed by atoms with Gasteiger partial charge in [0, 0.05) is 0 Å². The largest absolute Gasteiger partial charge is 0.212 e. The highest BCUT2D eigenvalue weighted by molar-refractivity contribution is 6.08.